The maximum absolute atomic E-state index is 12.5. The average Bonchev–Trinajstić information content (AvgIpc) is 2.96. The van der Waals surface area contributed by atoms with Crippen LogP contribution in [0.3, 0.4) is 0 Å². The van der Waals surface area contributed by atoms with Crippen molar-refractivity contribution < 1.29 is 4.79 Å². The van der Waals surface area contributed by atoms with Crippen LogP contribution in [-0.4, -0.2) is 20.7 Å². The maximum atomic E-state index is 12.5. The second-order valence-electron chi connectivity index (χ2n) is 6.15. The zero-order chi connectivity index (χ0) is 18.7. The molecule has 3 aromatic rings. The summed E-state index contributed by atoms with van der Waals surface area (Å²) in [7, 11) is 0. The lowest BCUT2D eigenvalue weighted by atomic mass is 10.1. The molecule has 26 heavy (non-hydrogen) atoms. The number of aromatic nitrogens is 3. The molecule has 0 aliphatic heterocycles. The van der Waals surface area contributed by atoms with Crippen molar-refractivity contribution in [2.24, 2.45) is 0 Å². The van der Waals surface area contributed by atoms with E-state index in [4.69, 9.17) is 23.8 Å². The van der Waals surface area contributed by atoms with E-state index in [0.29, 0.717) is 15.6 Å². The largest absolute Gasteiger partial charge is 0.348 e. The molecule has 134 valence electrons. The molecule has 7 heteroatoms. The van der Waals surface area contributed by atoms with Crippen LogP contribution in [0.25, 0.3) is 11.4 Å². The summed E-state index contributed by atoms with van der Waals surface area (Å²) in [5.74, 6) is 0.506. The molecule has 0 aliphatic rings. The van der Waals surface area contributed by atoms with E-state index in [1.807, 2.05) is 62.4 Å². The number of carbonyl (C=O) groups excluding carboxylic acids is 1. The summed E-state index contributed by atoms with van der Waals surface area (Å²) in [4.78, 5) is 12.5. The van der Waals surface area contributed by atoms with Crippen LogP contribution >= 0.6 is 23.8 Å². The van der Waals surface area contributed by atoms with E-state index < -0.39 is 0 Å². The van der Waals surface area contributed by atoms with Gasteiger partial charge in [0, 0.05) is 10.6 Å². The smallest absolute Gasteiger partial charge is 0.240 e. The topological polar surface area (TPSA) is 62.7 Å². The van der Waals surface area contributed by atoms with Crippen LogP contribution in [-0.2, 0) is 11.3 Å². The second kappa shape index (κ2) is 7.85. The maximum Gasteiger partial charge on any atom is 0.240 e. The van der Waals surface area contributed by atoms with Gasteiger partial charge in [-0.25, -0.2) is 0 Å². The van der Waals surface area contributed by atoms with E-state index in [9.17, 15) is 4.79 Å². The summed E-state index contributed by atoms with van der Waals surface area (Å²) in [5.41, 5.74) is 3.01. The number of carbonyl (C=O) groups is 1. The highest BCUT2D eigenvalue weighted by Gasteiger charge is 2.15. The van der Waals surface area contributed by atoms with Gasteiger partial charge in [0.15, 0.2) is 10.6 Å². The molecule has 1 atom stereocenters. The van der Waals surface area contributed by atoms with Gasteiger partial charge in [0.2, 0.25) is 5.91 Å². The van der Waals surface area contributed by atoms with Crippen LogP contribution in [0.15, 0.2) is 48.5 Å². The Balaban J connectivity index is 1.76. The van der Waals surface area contributed by atoms with E-state index in [1.54, 1.807) is 4.57 Å². The molecule has 0 spiro atoms. The van der Waals surface area contributed by atoms with Crippen molar-refractivity contribution in [3.8, 4) is 11.4 Å². The normalized spacial score (nSPS) is 12.0. The Kier molecular flexibility index (Phi) is 5.54. The summed E-state index contributed by atoms with van der Waals surface area (Å²) in [6.45, 7) is 4.03. The number of halogens is 1. The van der Waals surface area contributed by atoms with Gasteiger partial charge in [-0.15, -0.1) is 0 Å². The quantitative estimate of drug-likeness (QED) is 0.637. The number of hydrogen-bond donors (Lipinski definition) is 2. The van der Waals surface area contributed by atoms with Crippen molar-refractivity contribution in [2.75, 3.05) is 0 Å². The molecule has 0 bridgehead atoms. The molecule has 2 N–H and O–H groups in total. The molecule has 1 aromatic heterocycles. The predicted octanol–water partition coefficient (Wildman–Crippen LogP) is 4.45. The fourth-order valence-electron chi connectivity index (χ4n) is 2.73. The molecule has 2 aromatic carbocycles. The van der Waals surface area contributed by atoms with E-state index in [0.717, 1.165) is 16.7 Å². The van der Waals surface area contributed by atoms with Gasteiger partial charge in [-0.3, -0.25) is 14.5 Å². The van der Waals surface area contributed by atoms with Crippen molar-refractivity contribution in [3.05, 3.63) is 69.5 Å². The van der Waals surface area contributed by atoms with Crippen molar-refractivity contribution >= 4 is 29.7 Å². The zero-order valence-electron chi connectivity index (χ0n) is 14.5. The Hall–Kier alpha value is -2.44. The van der Waals surface area contributed by atoms with Crippen molar-refractivity contribution in [1.82, 2.24) is 20.1 Å². The first-order valence-electron chi connectivity index (χ1n) is 8.21. The van der Waals surface area contributed by atoms with Crippen LogP contribution in [0, 0.1) is 11.7 Å². The lowest BCUT2D eigenvalue weighted by Gasteiger charge is -2.15. The summed E-state index contributed by atoms with van der Waals surface area (Å²) in [6.07, 6.45) is 0. The number of rotatable bonds is 5. The van der Waals surface area contributed by atoms with Crippen molar-refractivity contribution in [2.45, 2.75) is 26.4 Å². The number of hydrogen-bond acceptors (Lipinski definition) is 3. The number of nitrogens with one attached hydrogen (secondary N) is 2. The fourth-order valence-corrected chi connectivity index (χ4v) is 3.06. The van der Waals surface area contributed by atoms with Gasteiger partial charge in [-0.05, 0) is 49.8 Å². The molecule has 0 radical (unpaired) electrons. The Morgan fingerprint density at radius 1 is 1.31 bits per heavy atom. The van der Waals surface area contributed by atoms with E-state index in [-0.39, 0.29) is 18.5 Å². The summed E-state index contributed by atoms with van der Waals surface area (Å²) in [6, 6.07) is 15.2. The Bertz CT molecular complexity index is 978. The minimum atomic E-state index is -0.140. The molecular formula is C19H19ClN4OS. The van der Waals surface area contributed by atoms with Crippen LogP contribution in [0.2, 0.25) is 5.02 Å². The number of benzene rings is 2. The van der Waals surface area contributed by atoms with Gasteiger partial charge in [-0.2, -0.15) is 5.10 Å². The minimum absolute atomic E-state index is 0.0938. The van der Waals surface area contributed by atoms with E-state index in [1.165, 1.54) is 0 Å². The third kappa shape index (κ3) is 4.20. The molecule has 3 rings (SSSR count). The van der Waals surface area contributed by atoms with Crippen LogP contribution in [0.1, 0.15) is 24.1 Å². The fraction of sp³-hybridized carbons (Fsp3) is 0.211. The lowest BCUT2D eigenvalue weighted by molar-refractivity contribution is -0.122. The second-order valence-corrected chi connectivity index (χ2v) is 6.97. The third-order valence-corrected chi connectivity index (χ3v) is 4.65. The predicted molar refractivity (Wildman–Crippen MR) is 106 cm³/mol. The van der Waals surface area contributed by atoms with Gasteiger partial charge in [-0.1, -0.05) is 47.5 Å². The van der Waals surface area contributed by atoms with Crippen LogP contribution in [0.4, 0.5) is 0 Å². The minimum Gasteiger partial charge on any atom is -0.348 e. The molecule has 0 unspecified atom stereocenters. The van der Waals surface area contributed by atoms with E-state index >= 15 is 0 Å². The first-order valence-corrected chi connectivity index (χ1v) is 9.00. The number of amides is 1. The molecule has 0 saturated heterocycles. The van der Waals surface area contributed by atoms with Gasteiger partial charge in [0.25, 0.3) is 0 Å². The Morgan fingerprint density at radius 2 is 2.04 bits per heavy atom. The Labute approximate surface area is 162 Å². The monoisotopic (exact) mass is 386 g/mol. The van der Waals surface area contributed by atoms with Gasteiger partial charge < -0.3 is 5.32 Å². The molecule has 0 aliphatic carbocycles. The first kappa shape index (κ1) is 18.4. The highest BCUT2D eigenvalue weighted by atomic mass is 35.5. The molecule has 0 saturated carbocycles. The van der Waals surface area contributed by atoms with Crippen LogP contribution < -0.4 is 5.32 Å². The molecule has 5 nitrogen and oxygen atoms in total. The van der Waals surface area contributed by atoms with E-state index in [2.05, 4.69) is 15.5 Å². The molecule has 1 amide bonds. The van der Waals surface area contributed by atoms with Crippen LogP contribution in [0.5, 0.6) is 0 Å². The average molecular weight is 387 g/mol. The van der Waals surface area contributed by atoms with Crippen molar-refractivity contribution in [3.63, 3.8) is 0 Å². The number of aryl methyl sites for hydroxylation is 1. The summed E-state index contributed by atoms with van der Waals surface area (Å²) in [5, 5.41) is 10.7. The SMILES string of the molecule is Cc1cccc(-c2n[nH]c(=S)n2CC(=O)N[C@H](C)c2ccc(Cl)cc2)c1. The van der Waals surface area contributed by atoms with Gasteiger partial charge in [0.1, 0.15) is 6.54 Å². The summed E-state index contributed by atoms with van der Waals surface area (Å²) < 4.78 is 2.12. The standard InChI is InChI=1S/C19H19ClN4OS/c1-12-4-3-5-15(10-12)18-22-23-19(26)24(18)11-17(25)21-13(2)14-6-8-16(20)9-7-14/h3-10,13H,11H2,1-2H3,(H,21,25)(H,23,26)/t13-/m1/s1. The summed E-state index contributed by atoms with van der Waals surface area (Å²) >= 11 is 11.2. The number of aromatic amines is 1. The third-order valence-electron chi connectivity index (χ3n) is 4.08. The first-order chi connectivity index (χ1) is 12.4. The number of H-pyrrole nitrogens is 1. The lowest BCUT2D eigenvalue weighted by Crippen LogP contribution is -2.30. The van der Waals surface area contributed by atoms with Gasteiger partial charge >= 0.3 is 0 Å². The Morgan fingerprint density at radius 3 is 2.73 bits per heavy atom. The molecular weight excluding hydrogens is 368 g/mol. The molecule has 1 heterocycles. The highest BCUT2D eigenvalue weighted by Crippen LogP contribution is 2.19. The number of nitrogens with zero attached hydrogens (tertiary/aromatic N) is 2. The van der Waals surface area contributed by atoms with Gasteiger partial charge in [0.05, 0.1) is 6.04 Å². The van der Waals surface area contributed by atoms with Crippen molar-refractivity contribution in [1.29, 1.82) is 0 Å². The zero-order valence-corrected chi connectivity index (χ0v) is 16.1. The molecule has 0 fully saturated rings. The highest BCUT2D eigenvalue weighted by molar-refractivity contribution is 7.71.